The number of nitrogens with one attached hydrogen (secondary N) is 1. The third kappa shape index (κ3) is 1.04. The molecule has 2 heterocycles. The molecule has 1 N–H and O–H groups in total. The van der Waals surface area contributed by atoms with E-state index in [1.165, 1.54) is 0 Å². The summed E-state index contributed by atoms with van der Waals surface area (Å²) >= 11 is 0. The van der Waals surface area contributed by atoms with Crippen LogP contribution in [-0.4, -0.2) is 23.1 Å². The van der Waals surface area contributed by atoms with Gasteiger partial charge < -0.3 is 4.98 Å². The number of aromatic nitrogens is 2. The molecule has 1 aromatic heterocycles. The lowest BCUT2D eigenvalue weighted by Crippen LogP contribution is -2.34. The molecule has 0 amide bonds. The highest BCUT2D eigenvalue weighted by Crippen LogP contribution is 2.20. The summed E-state index contributed by atoms with van der Waals surface area (Å²) in [5, 5.41) is 4.18. The molecule has 3 rings (SSSR count). The average Bonchev–Trinajstić information content (AvgIpc) is 2.43. The quantitative estimate of drug-likeness (QED) is 0.691. The van der Waals surface area contributed by atoms with Gasteiger partial charge in [0.15, 0.2) is 0 Å². The molecule has 1 radical (unpaired) electrons. The van der Waals surface area contributed by atoms with Crippen LogP contribution in [-0.2, 0) is 0 Å². The molecule has 1 aromatic carbocycles. The van der Waals surface area contributed by atoms with Gasteiger partial charge in [-0.15, -0.1) is 0 Å². The van der Waals surface area contributed by atoms with Gasteiger partial charge in [0.05, 0.1) is 11.0 Å². The summed E-state index contributed by atoms with van der Waals surface area (Å²) in [5.41, 5.74) is 2.19. The van der Waals surface area contributed by atoms with E-state index in [9.17, 15) is 0 Å². The van der Waals surface area contributed by atoms with Gasteiger partial charge in [0, 0.05) is 19.0 Å². The Morgan fingerprint density at radius 1 is 1.23 bits per heavy atom. The minimum Gasteiger partial charge on any atom is -0.342 e. The second kappa shape index (κ2) is 2.57. The zero-order chi connectivity index (χ0) is 8.67. The molecular formula is C10H10N3. The Morgan fingerprint density at radius 3 is 2.77 bits per heavy atom. The van der Waals surface area contributed by atoms with Crippen molar-refractivity contribution in [3.63, 3.8) is 0 Å². The minimum absolute atomic E-state index is 0.535. The Kier molecular flexibility index (Phi) is 1.40. The van der Waals surface area contributed by atoms with Gasteiger partial charge in [-0.25, -0.2) is 10.3 Å². The highest BCUT2D eigenvalue weighted by atomic mass is 15.0. The third-order valence-electron chi connectivity index (χ3n) is 2.49. The second-order valence-electron chi connectivity index (χ2n) is 3.42. The summed E-state index contributed by atoms with van der Waals surface area (Å²) in [6.45, 7) is 1.86. The Morgan fingerprint density at radius 2 is 2.08 bits per heavy atom. The van der Waals surface area contributed by atoms with Crippen molar-refractivity contribution in [1.82, 2.24) is 15.3 Å². The number of H-pyrrole nitrogens is 1. The smallest absolute Gasteiger partial charge is 0.113 e. The third-order valence-corrected chi connectivity index (χ3v) is 2.49. The molecule has 13 heavy (non-hydrogen) atoms. The van der Waals surface area contributed by atoms with E-state index in [1.807, 2.05) is 18.2 Å². The number of hydrogen-bond acceptors (Lipinski definition) is 1. The first kappa shape index (κ1) is 7.09. The van der Waals surface area contributed by atoms with E-state index in [0.29, 0.717) is 5.92 Å². The number of rotatable bonds is 1. The highest BCUT2D eigenvalue weighted by Gasteiger charge is 2.23. The lowest BCUT2D eigenvalue weighted by Gasteiger charge is -2.22. The molecule has 0 aliphatic carbocycles. The van der Waals surface area contributed by atoms with Crippen molar-refractivity contribution in [2.45, 2.75) is 5.92 Å². The van der Waals surface area contributed by atoms with Gasteiger partial charge in [-0.1, -0.05) is 12.1 Å². The number of nitrogens with zero attached hydrogens (tertiary/aromatic N) is 2. The SMILES string of the molecule is c1ccc2[nH]c(C3C[N]C3)nc2c1. The lowest BCUT2D eigenvalue weighted by atomic mass is 10.0. The van der Waals surface area contributed by atoms with E-state index in [-0.39, 0.29) is 0 Å². The molecule has 1 saturated heterocycles. The molecule has 0 atom stereocenters. The summed E-state index contributed by atoms with van der Waals surface area (Å²) in [6.07, 6.45) is 0. The van der Waals surface area contributed by atoms with E-state index >= 15 is 0 Å². The maximum atomic E-state index is 4.52. The highest BCUT2D eigenvalue weighted by molar-refractivity contribution is 5.74. The molecule has 65 valence electrons. The summed E-state index contributed by atoms with van der Waals surface area (Å²) in [4.78, 5) is 7.85. The molecular weight excluding hydrogens is 162 g/mol. The van der Waals surface area contributed by atoms with Crippen molar-refractivity contribution < 1.29 is 0 Å². The fourth-order valence-electron chi connectivity index (χ4n) is 1.60. The minimum atomic E-state index is 0.535. The van der Waals surface area contributed by atoms with Gasteiger partial charge in [-0.05, 0) is 12.1 Å². The maximum Gasteiger partial charge on any atom is 0.113 e. The van der Waals surface area contributed by atoms with Crippen molar-refractivity contribution in [2.24, 2.45) is 0 Å². The number of aromatic amines is 1. The molecule has 0 spiro atoms. The molecule has 1 fully saturated rings. The summed E-state index contributed by atoms with van der Waals surface area (Å²) in [6, 6.07) is 8.13. The predicted molar refractivity (Wildman–Crippen MR) is 50.7 cm³/mol. The van der Waals surface area contributed by atoms with Crippen molar-refractivity contribution in [2.75, 3.05) is 13.1 Å². The van der Waals surface area contributed by atoms with Crippen LogP contribution in [0.3, 0.4) is 0 Å². The van der Waals surface area contributed by atoms with Crippen LogP contribution in [0.15, 0.2) is 24.3 Å². The van der Waals surface area contributed by atoms with Crippen LogP contribution in [0.1, 0.15) is 11.7 Å². The van der Waals surface area contributed by atoms with E-state index in [4.69, 9.17) is 0 Å². The van der Waals surface area contributed by atoms with E-state index in [2.05, 4.69) is 21.4 Å². The van der Waals surface area contributed by atoms with Crippen LogP contribution >= 0.6 is 0 Å². The first-order valence-electron chi connectivity index (χ1n) is 4.51. The zero-order valence-corrected chi connectivity index (χ0v) is 7.20. The topological polar surface area (TPSA) is 42.8 Å². The monoisotopic (exact) mass is 172 g/mol. The van der Waals surface area contributed by atoms with Crippen LogP contribution in [0.2, 0.25) is 0 Å². The molecule has 1 aliphatic heterocycles. The van der Waals surface area contributed by atoms with Crippen molar-refractivity contribution in [3.8, 4) is 0 Å². The molecule has 1 aliphatic rings. The number of hydrogen-bond donors (Lipinski definition) is 1. The van der Waals surface area contributed by atoms with Gasteiger partial charge in [-0.3, -0.25) is 0 Å². The number of fused-ring (bicyclic) bond motifs is 1. The lowest BCUT2D eigenvalue weighted by molar-refractivity contribution is 0.423. The molecule has 0 unspecified atom stereocenters. The van der Waals surface area contributed by atoms with Gasteiger partial charge in [0.1, 0.15) is 5.82 Å². The maximum absolute atomic E-state index is 4.52. The number of imidazole rings is 1. The molecule has 3 nitrogen and oxygen atoms in total. The Hall–Kier alpha value is -1.35. The van der Waals surface area contributed by atoms with Crippen LogP contribution in [0.4, 0.5) is 0 Å². The average molecular weight is 172 g/mol. The first-order chi connectivity index (χ1) is 6.43. The molecule has 3 heteroatoms. The van der Waals surface area contributed by atoms with Gasteiger partial charge in [-0.2, -0.15) is 0 Å². The van der Waals surface area contributed by atoms with E-state index in [0.717, 1.165) is 29.9 Å². The van der Waals surface area contributed by atoms with Crippen LogP contribution < -0.4 is 5.32 Å². The molecule has 2 aromatic rings. The van der Waals surface area contributed by atoms with Crippen molar-refractivity contribution in [3.05, 3.63) is 30.1 Å². The molecule has 0 bridgehead atoms. The van der Waals surface area contributed by atoms with E-state index < -0.39 is 0 Å². The Balaban J connectivity index is 2.10. The summed E-state index contributed by atoms with van der Waals surface area (Å²) < 4.78 is 0. The van der Waals surface area contributed by atoms with Gasteiger partial charge in [0.2, 0.25) is 0 Å². The zero-order valence-electron chi connectivity index (χ0n) is 7.20. The predicted octanol–water partition coefficient (Wildman–Crippen LogP) is 1.26. The fourth-order valence-corrected chi connectivity index (χ4v) is 1.60. The molecule has 0 saturated carbocycles. The number of para-hydroxylation sites is 2. The van der Waals surface area contributed by atoms with Crippen LogP contribution in [0.5, 0.6) is 0 Å². The number of benzene rings is 1. The van der Waals surface area contributed by atoms with Crippen molar-refractivity contribution >= 4 is 11.0 Å². The van der Waals surface area contributed by atoms with Crippen LogP contribution in [0.25, 0.3) is 11.0 Å². The summed E-state index contributed by atoms with van der Waals surface area (Å²) in [7, 11) is 0. The van der Waals surface area contributed by atoms with Gasteiger partial charge in [0.25, 0.3) is 0 Å². The van der Waals surface area contributed by atoms with Crippen molar-refractivity contribution in [1.29, 1.82) is 0 Å². The fraction of sp³-hybridized carbons (Fsp3) is 0.300. The standard InChI is InChI=1S/C10H10N3/c1-2-4-9-8(3-1)12-10(13-9)7-5-11-6-7/h1-4,7H,5-6H2,(H,12,13). The van der Waals surface area contributed by atoms with Gasteiger partial charge >= 0.3 is 0 Å². The normalized spacial score (nSPS) is 17.5. The first-order valence-corrected chi connectivity index (χ1v) is 4.51. The van der Waals surface area contributed by atoms with E-state index in [1.54, 1.807) is 0 Å². The second-order valence-corrected chi connectivity index (χ2v) is 3.42. The summed E-state index contributed by atoms with van der Waals surface area (Å²) in [5.74, 6) is 1.63. The van der Waals surface area contributed by atoms with Crippen LogP contribution in [0, 0.1) is 0 Å². The largest absolute Gasteiger partial charge is 0.342 e. The Bertz CT molecular complexity index is 395. The Labute approximate surface area is 76.2 Å².